The Morgan fingerprint density at radius 3 is 1.98 bits per heavy atom. The Labute approximate surface area is 327 Å². The van der Waals surface area contributed by atoms with Crippen molar-refractivity contribution in [2.45, 2.75) is 70.9 Å². The lowest BCUT2D eigenvalue weighted by Gasteiger charge is -2.27. The minimum absolute atomic E-state index is 0.0745. The van der Waals surface area contributed by atoms with Gasteiger partial charge in [0.25, 0.3) is 17.6 Å². The van der Waals surface area contributed by atoms with Crippen LogP contribution in [0.15, 0.2) is 72.8 Å². The molecule has 3 aromatic carbocycles. The Balaban J connectivity index is 1.82. The maximum Gasteiger partial charge on any atom is 0.452 e. The maximum absolute atomic E-state index is 14.0. The normalized spacial score (nSPS) is 13.1. The number of methoxy groups -OCH3 is 1. The van der Waals surface area contributed by atoms with E-state index in [0.29, 0.717) is 16.3 Å². The van der Waals surface area contributed by atoms with Crippen LogP contribution in [0.5, 0.6) is 11.5 Å². The molecule has 0 aliphatic rings. The number of carbonyl (C=O) groups is 6. The van der Waals surface area contributed by atoms with Gasteiger partial charge in [0.2, 0.25) is 11.8 Å². The molecular weight excluding hydrogens is 761 g/mol. The third-order valence-electron chi connectivity index (χ3n) is 7.81. The van der Waals surface area contributed by atoms with E-state index in [9.17, 15) is 41.9 Å². The first-order valence-electron chi connectivity index (χ1n) is 17.3. The van der Waals surface area contributed by atoms with E-state index in [4.69, 9.17) is 25.8 Å². The summed E-state index contributed by atoms with van der Waals surface area (Å²) in [7, 11) is 1.40. The molecule has 3 aromatic rings. The fourth-order valence-electron chi connectivity index (χ4n) is 5.09. The molecule has 0 bridgehead atoms. The number of hydrogen-bond donors (Lipinski definition) is 4. The Morgan fingerprint density at radius 1 is 0.804 bits per heavy atom. The summed E-state index contributed by atoms with van der Waals surface area (Å²) in [5.74, 6) is -6.49. The van der Waals surface area contributed by atoms with Crippen LogP contribution in [-0.2, 0) is 35.1 Å². The van der Waals surface area contributed by atoms with Crippen molar-refractivity contribution < 1.29 is 56.1 Å². The Kier molecular flexibility index (Phi) is 15.8. The second kappa shape index (κ2) is 19.8. The molecule has 56 heavy (non-hydrogen) atoms. The van der Waals surface area contributed by atoms with E-state index in [0.717, 1.165) is 0 Å². The number of halogens is 4. The minimum Gasteiger partial charge on any atom is -0.497 e. The Morgan fingerprint density at radius 2 is 1.43 bits per heavy atom. The van der Waals surface area contributed by atoms with Crippen molar-refractivity contribution in [1.82, 2.24) is 21.3 Å². The van der Waals surface area contributed by atoms with Crippen molar-refractivity contribution in [2.75, 3.05) is 20.3 Å². The highest BCUT2D eigenvalue weighted by molar-refractivity contribution is 6.30. The number of esters is 1. The van der Waals surface area contributed by atoms with Gasteiger partial charge in [0.1, 0.15) is 35.7 Å². The fraction of sp³-hybridized carbons (Fsp3) is 0.385. The lowest BCUT2D eigenvalue weighted by Crippen LogP contribution is -2.55. The highest BCUT2D eigenvalue weighted by Crippen LogP contribution is 2.24. The molecule has 0 saturated carbocycles. The molecule has 0 aromatic heterocycles. The van der Waals surface area contributed by atoms with Crippen LogP contribution < -0.4 is 30.7 Å². The lowest BCUT2D eigenvalue weighted by atomic mass is 9.97. The number of rotatable bonds is 17. The van der Waals surface area contributed by atoms with Gasteiger partial charge in [-0.2, -0.15) is 13.2 Å². The Hall–Kier alpha value is -5.64. The zero-order valence-corrected chi connectivity index (χ0v) is 32.3. The van der Waals surface area contributed by atoms with Gasteiger partial charge in [0, 0.05) is 17.0 Å². The summed E-state index contributed by atoms with van der Waals surface area (Å²) < 4.78 is 56.1. The molecule has 0 saturated heterocycles. The largest absolute Gasteiger partial charge is 0.497 e. The van der Waals surface area contributed by atoms with Crippen LogP contribution >= 0.6 is 11.6 Å². The quantitative estimate of drug-likeness (QED) is 0.141. The zero-order valence-electron chi connectivity index (χ0n) is 31.5. The topological polar surface area (TPSA) is 178 Å². The Bertz CT molecular complexity index is 1860. The molecule has 17 heteroatoms. The molecule has 4 amide bonds. The van der Waals surface area contributed by atoms with Crippen LogP contribution in [0.25, 0.3) is 0 Å². The van der Waals surface area contributed by atoms with Gasteiger partial charge in [-0.3, -0.25) is 28.8 Å². The number of Topliss-reactive ketones (excluding diaryl/α,β-unsaturated/α-hetero) is 1. The van der Waals surface area contributed by atoms with Crippen LogP contribution in [0, 0.1) is 5.92 Å². The van der Waals surface area contributed by atoms with Crippen molar-refractivity contribution >= 4 is 47.0 Å². The van der Waals surface area contributed by atoms with Crippen LogP contribution in [0.1, 0.15) is 62.1 Å². The molecule has 4 N–H and O–H groups in total. The molecule has 0 radical (unpaired) electrons. The summed E-state index contributed by atoms with van der Waals surface area (Å²) >= 11 is 6.17. The average Bonchev–Trinajstić information content (AvgIpc) is 3.12. The summed E-state index contributed by atoms with van der Waals surface area (Å²) in [6.45, 7) is 6.93. The van der Waals surface area contributed by atoms with Gasteiger partial charge in [-0.15, -0.1) is 0 Å². The van der Waals surface area contributed by atoms with E-state index in [1.54, 1.807) is 45.0 Å². The molecule has 0 heterocycles. The first-order valence-corrected chi connectivity index (χ1v) is 17.7. The zero-order chi connectivity index (χ0) is 41.8. The second-order valence-corrected chi connectivity index (χ2v) is 14.3. The summed E-state index contributed by atoms with van der Waals surface area (Å²) in [6, 6.07) is 12.8. The van der Waals surface area contributed by atoms with Gasteiger partial charge >= 0.3 is 12.1 Å². The second-order valence-electron chi connectivity index (χ2n) is 13.8. The van der Waals surface area contributed by atoms with E-state index >= 15 is 0 Å². The van der Waals surface area contributed by atoms with E-state index in [1.807, 2.05) is 0 Å². The van der Waals surface area contributed by atoms with Crippen molar-refractivity contribution in [2.24, 2.45) is 5.92 Å². The number of ketones is 1. The van der Waals surface area contributed by atoms with E-state index in [-0.39, 0.29) is 29.8 Å². The van der Waals surface area contributed by atoms with Crippen LogP contribution in [0.3, 0.4) is 0 Å². The molecule has 0 aliphatic carbocycles. The van der Waals surface area contributed by atoms with E-state index in [2.05, 4.69) is 21.3 Å². The smallest absolute Gasteiger partial charge is 0.452 e. The number of benzene rings is 3. The van der Waals surface area contributed by atoms with Crippen molar-refractivity contribution in [3.8, 4) is 11.5 Å². The molecule has 0 aliphatic heterocycles. The van der Waals surface area contributed by atoms with E-state index in [1.165, 1.54) is 69.5 Å². The molecule has 13 nitrogen and oxygen atoms in total. The molecule has 3 rings (SSSR count). The fourth-order valence-corrected chi connectivity index (χ4v) is 5.30. The van der Waals surface area contributed by atoms with Crippen LogP contribution in [0.4, 0.5) is 13.2 Å². The minimum atomic E-state index is -5.24. The van der Waals surface area contributed by atoms with Gasteiger partial charge in [0.05, 0.1) is 13.2 Å². The lowest BCUT2D eigenvalue weighted by molar-refractivity contribution is -0.175. The van der Waals surface area contributed by atoms with Crippen molar-refractivity contribution in [3.63, 3.8) is 0 Å². The van der Waals surface area contributed by atoms with Gasteiger partial charge in [-0.25, -0.2) is 0 Å². The van der Waals surface area contributed by atoms with Gasteiger partial charge in [0.15, 0.2) is 6.61 Å². The number of alkyl halides is 3. The van der Waals surface area contributed by atoms with Gasteiger partial charge < -0.3 is 35.5 Å². The molecular formula is C39H44ClF3N4O9. The van der Waals surface area contributed by atoms with Gasteiger partial charge in [-0.05, 0) is 86.3 Å². The predicted molar refractivity (Wildman–Crippen MR) is 199 cm³/mol. The number of hydrogen-bond acceptors (Lipinski definition) is 9. The average molecular weight is 805 g/mol. The SMILES string of the molecule is COc1ccc([C@H](NC(=O)[C@H](Cc2cccc(Cl)c2)NC(=O)c2ccc(OCC(=O)NCC(=O)OC(C)(C)C)cc2)C(=O)N[C@H](C(=O)C(F)(F)F)C(C)C)cc1. The first kappa shape index (κ1) is 44.8. The van der Waals surface area contributed by atoms with Gasteiger partial charge in [-0.1, -0.05) is 49.7 Å². The first-order chi connectivity index (χ1) is 26.2. The molecule has 302 valence electrons. The summed E-state index contributed by atoms with van der Waals surface area (Å²) in [6.07, 6.45) is -5.37. The molecule has 0 spiro atoms. The third kappa shape index (κ3) is 14.2. The summed E-state index contributed by atoms with van der Waals surface area (Å²) in [4.78, 5) is 77.4. The maximum atomic E-state index is 14.0. The highest BCUT2D eigenvalue weighted by atomic mass is 35.5. The summed E-state index contributed by atoms with van der Waals surface area (Å²) in [5.41, 5.74) is 0.0167. The van der Waals surface area contributed by atoms with Crippen molar-refractivity contribution in [1.29, 1.82) is 0 Å². The summed E-state index contributed by atoms with van der Waals surface area (Å²) in [5, 5.41) is 10.0. The van der Waals surface area contributed by atoms with E-state index < -0.39 is 77.8 Å². The highest BCUT2D eigenvalue weighted by Gasteiger charge is 2.45. The molecule has 3 atom stereocenters. The third-order valence-corrected chi connectivity index (χ3v) is 8.05. The monoisotopic (exact) mass is 804 g/mol. The predicted octanol–water partition coefficient (Wildman–Crippen LogP) is 4.66. The standard InChI is InChI=1S/C39H44ClF3N4O9/c1-22(2)32(34(50)39(41,42)43)46-37(53)33(24-10-14-27(54-6)15-11-24)47-36(52)29(19-23-8-7-9-26(40)18-23)45-35(51)25-12-16-28(17-13-25)55-21-30(48)44-20-31(49)56-38(3,4)5/h7-18,22,29,32-33H,19-21H2,1-6H3,(H,44,48)(H,45,51)(H,46,53)(H,47,52)/t29-,32-,33-/m0/s1. The number of ether oxygens (including phenoxy) is 3. The van der Waals surface area contributed by atoms with Crippen LogP contribution in [-0.4, -0.2) is 79.5 Å². The number of carbonyl (C=O) groups excluding carboxylic acids is 6. The van der Waals surface area contributed by atoms with Crippen molar-refractivity contribution in [3.05, 3.63) is 94.5 Å². The van der Waals surface area contributed by atoms with Crippen LogP contribution in [0.2, 0.25) is 5.02 Å². The molecule has 0 fully saturated rings. The molecule has 0 unspecified atom stereocenters. The number of amides is 4. The number of nitrogens with one attached hydrogen (secondary N) is 4.